The van der Waals surface area contributed by atoms with Gasteiger partial charge in [0.25, 0.3) is 0 Å². The van der Waals surface area contributed by atoms with Gasteiger partial charge in [-0.05, 0) is 121 Å². The van der Waals surface area contributed by atoms with Crippen molar-refractivity contribution in [3.63, 3.8) is 0 Å². The van der Waals surface area contributed by atoms with Gasteiger partial charge in [-0.2, -0.15) is 0 Å². The first-order valence-corrected chi connectivity index (χ1v) is 12.9. The quantitative estimate of drug-likeness (QED) is 0.431. The summed E-state index contributed by atoms with van der Waals surface area (Å²) in [5.41, 5.74) is 3.99. The molecule has 0 radical (unpaired) electrons. The van der Waals surface area contributed by atoms with E-state index >= 15 is 0 Å². The summed E-state index contributed by atoms with van der Waals surface area (Å²) in [5.74, 6) is 1.91. The maximum Gasteiger partial charge on any atom is 1.00 e. The van der Waals surface area contributed by atoms with Crippen LogP contribution >= 0.6 is 8.58 Å². The zero-order chi connectivity index (χ0) is 26.2. The molecule has 190 valence electrons. The maximum absolute atomic E-state index is 13.7. The van der Waals surface area contributed by atoms with Gasteiger partial charge in [0.05, 0.1) is 5.30 Å². The van der Waals surface area contributed by atoms with Crippen LogP contribution in [-0.2, 0) is 0 Å². The number of carbonyl (C=O) groups excluding carboxylic acids is 1. The smallest absolute Gasteiger partial charge is 1.00 e. The molecule has 0 N–H and O–H groups in total. The Morgan fingerprint density at radius 2 is 1.11 bits per heavy atom. The van der Waals surface area contributed by atoms with E-state index in [1.165, 1.54) is 5.56 Å². The number of carbonyl (C=O) groups is 1. The monoisotopic (exact) mass is 494 g/mol. The van der Waals surface area contributed by atoms with Crippen LogP contribution in [-0.4, -0.2) is 22.3 Å². The molecule has 0 aromatic heterocycles. The molecule has 0 bridgehead atoms. The topological polar surface area (TPSA) is 44.8 Å². The van der Waals surface area contributed by atoms with Gasteiger partial charge in [0.2, 0.25) is 0 Å². The Morgan fingerprint density at radius 3 is 1.51 bits per heavy atom. The first-order chi connectivity index (χ1) is 15.3. The third-order valence-corrected chi connectivity index (χ3v) is 6.34. The second-order valence-electron chi connectivity index (χ2n) is 12.0. The number of hydrogen-bond donors (Lipinski definition) is 0. The van der Waals surface area contributed by atoms with Gasteiger partial charge in [0.15, 0.2) is 5.52 Å². The van der Waals surface area contributed by atoms with Gasteiger partial charge in [0.1, 0.15) is 34.1 Å². The summed E-state index contributed by atoms with van der Waals surface area (Å²) in [4.78, 5) is 13.7. The van der Waals surface area contributed by atoms with Gasteiger partial charge in [-0.25, -0.2) is 0 Å². The van der Waals surface area contributed by atoms with E-state index in [2.05, 4.69) is 19.9 Å². The second kappa shape index (κ2) is 11.3. The zero-order valence-electron chi connectivity index (χ0n) is 25.4. The van der Waals surface area contributed by atoms with Crippen LogP contribution in [0, 0.1) is 27.7 Å². The van der Waals surface area contributed by atoms with Gasteiger partial charge in [-0.15, -0.1) is 0 Å². The first-order valence-electron chi connectivity index (χ1n) is 11.9. The average Bonchev–Trinajstić information content (AvgIpc) is 2.58. The molecular formula is C29H44LiO4P. The van der Waals surface area contributed by atoms with E-state index in [0.29, 0.717) is 17.2 Å². The summed E-state index contributed by atoms with van der Waals surface area (Å²) in [6.45, 7) is 26.2. The predicted molar refractivity (Wildman–Crippen MR) is 146 cm³/mol. The van der Waals surface area contributed by atoms with Gasteiger partial charge in [-0.3, -0.25) is 4.79 Å². The van der Waals surface area contributed by atoms with Crippen molar-refractivity contribution in [2.24, 2.45) is 0 Å². The fraction of sp³-hybridized carbons (Fsp3) is 0.552. The van der Waals surface area contributed by atoms with E-state index in [0.717, 1.165) is 27.6 Å². The Balaban J connectivity index is 0.00000612. The Labute approximate surface area is 228 Å². The molecule has 0 heterocycles. The van der Waals surface area contributed by atoms with Crippen molar-refractivity contribution < 1.29 is 39.3 Å². The second-order valence-corrected chi connectivity index (χ2v) is 13.2. The van der Waals surface area contributed by atoms with Crippen LogP contribution in [0.4, 0.5) is 0 Å². The van der Waals surface area contributed by atoms with Crippen LogP contribution in [0.2, 0.25) is 0 Å². The van der Waals surface area contributed by atoms with Crippen LogP contribution in [0.5, 0.6) is 17.2 Å². The molecule has 2 aromatic carbocycles. The van der Waals surface area contributed by atoms with Crippen LogP contribution in [0.15, 0.2) is 18.2 Å². The summed E-state index contributed by atoms with van der Waals surface area (Å²) in [7, 11) is -0.149. The van der Waals surface area contributed by atoms with Crippen LogP contribution in [0.25, 0.3) is 0 Å². The molecule has 4 nitrogen and oxygen atoms in total. The molecule has 0 aliphatic carbocycles. The van der Waals surface area contributed by atoms with Crippen LogP contribution < -0.4 is 38.4 Å². The number of ether oxygens (including phenoxy) is 3. The number of hydrogen-bond acceptors (Lipinski definition) is 4. The standard InChI is InChI=1S/C29H43O4P.Li.H/c1-17-14-18(2)24(20(4)19(17)3)26(30)34-25-22(32-28(8,9)10)15-21(31-27(5,6)7)16-23(25)33-29(11,12)13;;/h14-16,34H,1-13H3;;/q;+1;-1. The minimum absolute atomic E-state index is 0. The molecule has 0 spiro atoms. The predicted octanol–water partition coefficient (Wildman–Crippen LogP) is 4.71. The van der Waals surface area contributed by atoms with Crippen molar-refractivity contribution in [3.05, 3.63) is 46.0 Å². The van der Waals surface area contributed by atoms with Gasteiger partial charge >= 0.3 is 18.9 Å². The molecule has 0 aliphatic rings. The van der Waals surface area contributed by atoms with E-state index in [4.69, 9.17) is 14.2 Å². The zero-order valence-corrected chi connectivity index (χ0v) is 25.4. The fourth-order valence-corrected chi connectivity index (χ4v) is 4.96. The summed E-state index contributed by atoms with van der Waals surface area (Å²) in [6, 6.07) is 5.88. The van der Waals surface area contributed by atoms with Gasteiger partial charge in [-0.1, -0.05) is 6.07 Å². The summed E-state index contributed by atoms with van der Waals surface area (Å²) < 4.78 is 18.9. The van der Waals surface area contributed by atoms with E-state index in [1.54, 1.807) is 0 Å². The van der Waals surface area contributed by atoms with Crippen molar-refractivity contribution >= 4 is 19.4 Å². The Morgan fingerprint density at radius 1 is 0.686 bits per heavy atom. The maximum atomic E-state index is 13.7. The normalized spacial score (nSPS) is 12.5. The molecule has 0 fully saturated rings. The molecule has 1 unspecified atom stereocenters. The van der Waals surface area contributed by atoms with Crippen molar-refractivity contribution in [1.29, 1.82) is 0 Å². The van der Waals surface area contributed by atoms with E-state index < -0.39 is 11.2 Å². The summed E-state index contributed by atoms with van der Waals surface area (Å²) in [6.07, 6.45) is 0. The van der Waals surface area contributed by atoms with E-state index in [9.17, 15) is 4.79 Å². The summed E-state index contributed by atoms with van der Waals surface area (Å²) in [5, 5.41) is 0.771. The molecule has 0 amide bonds. The van der Waals surface area contributed by atoms with E-state index in [1.807, 2.05) is 88.3 Å². The third kappa shape index (κ3) is 9.17. The van der Waals surface area contributed by atoms with Crippen molar-refractivity contribution in [1.82, 2.24) is 0 Å². The molecule has 0 aliphatic heterocycles. The SMILES string of the molecule is Cc1cc(C)c(C(=O)Pc2c(OC(C)(C)C)cc(OC(C)(C)C)cc2OC(C)(C)C)c(C)c1C.[H-].[Li+]. The van der Waals surface area contributed by atoms with Crippen molar-refractivity contribution in [2.45, 2.75) is 107 Å². The van der Waals surface area contributed by atoms with Crippen LogP contribution in [0.3, 0.4) is 0 Å². The Bertz CT molecular complexity index is 1040. The minimum atomic E-state index is -0.450. The number of benzene rings is 2. The van der Waals surface area contributed by atoms with E-state index in [-0.39, 0.29) is 40.0 Å². The van der Waals surface area contributed by atoms with Crippen LogP contribution in [0.1, 0.15) is 96.4 Å². The number of rotatable bonds is 6. The summed E-state index contributed by atoms with van der Waals surface area (Å²) >= 11 is 0. The van der Waals surface area contributed by atoms with Crippen molar-refractivity contribution in [2.75, 3.05) is 0 Å². The van der Waals surface area contributed by atoms with Gasteiger partial charge in [0, 0.05) is 17.7 Å². The first kappa shape index (κ1) is 31.6. The third-order valence-electron chi connectivity index (χ3n) is 5.12. The molecule has 6 heteroatoms. The molecule has 2 aromatic rings. The average molecular weight is 495 g/mol. The Kier molecular flexibility index (Phi) is 10.2. The molecular weight excluding hydrogens is 450 g/mol. The molecule has 35 heavy (non-hydrogen) atoms. The minimum Gasteiger partial charge on any atom is -1.00 e. The molecule has 1 atom stereocenters. The molecule has 2 rings (SSSR count). The van der Waals surface area contributed by atoms with Crippen molar-refractivity contribution in [3.8, 4) is 17.2 Å². The molecule has 0 saturated carbocycles. The Hall–Kier alpha value is -1.46. The largest absolute Gasteiger partial charge is 1.00 e. The van der Waals surface area contributed by atoms with Gasteiger partial charge < -0.3 is 15.6 Å². The molecule has 0 saturated heterocycles. The fourth-order valence-electron chi connectivity index (χ4n) is 3.73. The number of aryl methyl sites for hydroxylation is 2.